The molecule has 1 aliphatic heterocycles. The topological polar surface area (TPSA) is 48.1 Å². The molecule has 5 rings (SSSR count). The summed E-state index contributed by atoms with van der Waals surface area (Å²) in [5.41, 5.74) is 4.12. The average molecular weight is 351 g/mol. The number of likely N-dealkylation sites (N-methyl/N-ethyl adjacent to an activating group) is 1. The summed E-state index contributed by atoms with van der Waals surface area (Å²) in [6.07, 6.45) is 10.4. The smallest absolute Gasteiger partial charge is 0.224 e. The Hall–Kier alpha value is -1.81. The Bertz CT molecular complexity index is 820. The number of aromatic amines is 1. The number of H-pyrrole nitrogens is 1. The Morgan fingerprint density at radius 3 is 2.92 bits per heavy atom. The standard InChI is InChI=1S/C22H29N3O/c1-25-13-15(22(26)24-16-6-3-2-4-7-16)10-18-17-8-5-9-19-21(17)14(12-23-19)11-20(18)25/h5,8-9,12,15-16,18,20,23H,2-4,6-7,10-11,13H2,1H3,(H,24,26)/t15-,18?,20?/m1/s1. The highest BCUT2D eigenvalue weighted by Crippen LogP contribution is 2.44. The molecule has 2 aliphatic carbocycles. The number of nitrogens with zero attached hydrogens (tertiary/aromatic N) is 1. The van der Waals surface area contributed by atoms with Gasteiger partial charge in [-0.1, -0.05) is 31.4 Å². The molecule has 2 N–H and O–H groups in total. The third-order valence-corrected chi connectivity index (χ3v) is 7.05. The molecule has 26 heavy (non-hydrogen) atoms. The second kappa shape index (κ2) is 6.41. The largest absolute Gasteiger partial charge is 0.361 e. The highest BCUT2D eigenvalue weighted by Gasteiger charge is 2.41. The summed E-state index contributed by atoms with van der Waals surface area (Å²) in [6, 6.07) is 7.54. The quantitative estimate of drug-likeness (QED) is 0.869. The number of nitrogens with one attached hydrogen (secondary N) is 2. The van der Waals surface area contributed by atoms with E-state index in [-0.39, 0.29) is 11.8 Å². The summed E-state index contributed by atoms with van der Waals surface area (Å²) in [4.78, 5) is 18.9. The van der Waals surface area contributed by atoms with Crippen molar-refractivity contribution < 1.29 is 4.79 Å². The van der Waals surface area contributed by atoms with Crippen molar-refractivity contribution in [3.63, 3.8) is 0 Å². The van der Waals surface area contributed by atoms with Crippen LogP contribution < -0.4 is 5.32 Å². The number of hydrogen-bond acceptors (Lipinski definition) is 2. The van der Waals surface area contributed by atoms with Crippen LogP contribution in [-0.2, 0) is 11.2 Å². The number of benzene rings is 1. The number of amides is 1. The lowest BCUT2D eigenvalue weighted by atomic mass is 9.72. The lowest BCUT2D eigenvalue weighted by molar-refractivity contribution is -0.128. The van der Waals surface area contributed by atoms with Gasteiger partial charge in [0, 0.05) is 41.6 Å². The highest BCUT2D eigenvalue weighted by atomic mass is 16.2. The first kappa shape index (κ1) is 16.4. The first-order chi connectivity index (χ1) is 12.7. The van der Waals surface area contributed by atoms with E-state index in [1.165, 1.54) is 41.3 Å². The maximum atomic E-state index is 13.0. The van der Waals surface area contributed by atoms with Gasteiger partial charge in [0.2, 0.25) is 5.91 Å². The monoisotopic (exact) mass is 351 g/mol. The van der Waals surface area contributed by atoms with Gasteiger partial charge in [-0.3, -0.25) is 4.79 Å². The van der Waals surface area contributed by atoms with Gasteiger partial charge in [0.05, 0.1) is 5.92 Å². The van der Waals surface area contributed by atoms with Gasteiger partial charge in [-0.05, 0) is 49.9 Å². The van der Waals surface area contributed by atoms with Crippen molar-refractivity contribution in [3.8, 4) is 0 Å². The molecule has 2 aromatic rings. The van der Waals surface area contributed by atoms with E-state index in [2.05, 4.69) is 46.6 Å². The molecule has 1 saturated heterocycles. The van der Waals surface area contributed by atoms with Crippen LogP contribution in [0, 0.1) is 5.92 Å². The Morgan fingerprint density at radius 1 is 1.23 bits per heavy atom. The van der Waals surface area contributed by atoms with Crippen molar-refractivity contribution >= 4 is 16.8 Å². The van der Waals surface area contributed by atoms with E-state index in [1.807, 2.05) is 0 Å². The van der Waals surface area contributed by atoms with Crippen LogP contribution in [0.3, 0.4) is 0 Å². The Labute approximate surface area is 155 Å². The fraction of sp³-hybridized carbons (Fsp3) is 0.591. The van der Waals surface area contributed by atoms with E-state index in [9.17, 15) is 4.79 Å². The molecule has 2 heterocycles. The summed E-state index contributed by atoms with van der Waals surface area (Å²) in [6.45, 7) is 0.884. The van der Waals surface area contributed by atoms with Crippen molar-refractivity contribution in [2.75, 3.05) is 13.6 Å². The minimum Gasteiger partial charge on any atom is -0.361 e. The van der Waals surface area contributed by atoms with Gasteiger partial charge in [-0.25, -0.2) is 0 Å². The summed E-state index contributed by atoms with van der Waals surface area (Å²) in [5, 5.41) is 4.78. The van der Waals surface area contributed by atoms with Crippen LogP contribution in [0.15, 0.2) is 24.4 Å². The molecular weight excluding hydrogens is 322 g/mol. The Balaban J connectivity index is 1.39. The zero-order chi connectivity index (χ0) is 17.7. The molecule has 0 radical (unpaired) electrons. The molecule has 1 saturated carbocycles. The van der Waals surface area contributed by atoms with Gasteiger partial charge < -0.3 is 15.2 Å². The van der Waals surface area contributed by atoms with E-state index < -0.39 is 0 Å². The molecule has 4 heteroatoms. The summed E-state index contributed by atoms with van der Waals surface area (Å²) >= 11 is 0. The molecule has 3 atom stereocenters. The molecule has 1 amide bonds. The van der Waals surface area contributed by atoms with Gasteiger partial charge in [0.15, 0.2) is 0 Å². The minimum atomic E-state index is 0.110. The average Bonchev–Trinajstić information content (AvgIpc) is 3.08. The minimum absolute atomic E-state index is 0.110. The van der Waals surface area contributed by atoms with Crippen LogP contribution in [0.25, 0.3) is 10.9 Å². The van der Waals surface area contributed by atoms with Crippen LogP contribution >= 0.6 is 0 Å². The number of aromatic nitrogens is 1. The molecule has 4 nitrogen and oxygen atoms in total. The number of hydrogen-bond donors (Lipinski definition) is 2. The van der Waals surface area contributed by atoms with Crippen LogP contribution in [0.5, 0.6) is 0 Å². The normalized spacial score (nSPS) is 29.5. The van der Waals surface area contributed by atoms with Crippen molar-refractivity contribution in [1.29, 1.82) is 0 Å². The molecule has 0 bridgehead atoms. The van der Waals surface area contributed by atoms with E-state index in [0.29, 0.717) is 18.0 Å². The molecule has 1 aromatic carbocycles. The van der Waals surface area contributed by atoms with Crippen molar-refractivity contribution in [2.24, 2.45) is 5.92 Å². The number of piperidine rings is 1. The summed E-state index contributed by atoms with van der Waals surface area (Å²) < 4.78 is 0. The Morgan fingerprint density at radius 2 is 2.08 bits per heavy atom. The fourth-order valence-electron chi connectivity index (χ4n) is 5.70. The molecule has 1 aromatic heterocycles. The van der Waals surface area contributed by atoms with Crippen molar-refractivity contribution in [1.82, 2.24) is 15.2 Å². The summed E-state index contributed by atoms with van der Waals surface area (Å²) in [5.74, 6) is 0.857. The van der Waals surface area contributed by atoms with Crippen molar-refractivity contribution in [3.05, 3.63) is 35.5 Å². The van der Waals surface area contributed by atoms with E-state index in [0.717, 1.165) is 32.2 Å². The van der Waals surface area contributed by atoms with Crippen LogP contribution in [-0.4, -0.2) is 41.5 Å². The summed E-state index contributed by atoms with van der Waals surface area (Å²) in [7, 11) is 2.20. The lowest BCUT2D eigenvalue weighted by Gasteiger charge is -2.45. The zero-order valence-corrected chi connectivity index (χ0v) is 15.6. The maximum absolute atomic E-state index is 13.0. The molecule has 2 fully saturated rings. The van der Waals surface area contributed by atoms with Gasteiger partial charge in [0.25, 0.3) is 0 Å². The van der Waals surface area contributed by atoms with E-state index in [4.69, 9.17) is 0 Å². The van der Waals surface area contributed by atoms with Gasteiger partial charge in [0.1, 0.15) is 0 Å². The van der Waals surface area contributed by atoms with Crippen LogP contribution in [0.4, 0.5) is 0 Å². The maximum Gasteiger partial charge on any atom is 0.224 e. The number of likely N-dealkylation sites (tertiary alicyclic amines) is 1. The first-order valence-corrected chi connectivity index (χ1v) is 10.3. The second-order valence-corrected chi connectivity index (χ2v) is 8.68. The number of rotatable bonds is 2. The lowest BCUT2D eigenvalue weighted by Crippen LogP contribution is -2.52. The van der Waals surface area contributed by atoms with Crippen LogP contribution in [0.2, 0.25) is 0 Å². The molecule has 3 aliphatic rings. The van der Waals surface area contributed by atoms with Crippen LogP contribution in [0.1, 0.15) is 55.6 Å². The zero-order valence-electron chi connectivity index (χ0n) is 15.6. The SMILES string of the molecule is CN1C[C@H](C(=O)NC2CCCCC2)CC2c3cccc4[nH]cc(c34)CC21. The molecular formula is C22H29N3O. The van der Waals surface area contributed by atoms with Gasteiger partial charge in [-0.2, -0.15) is 0 Å². The predicted molar refractivity (Wildman–Crippen MR) is 104 cm³/mol. The number of carbonyl (C=O) groups is 1. The fourth-order valence-corrected chi connectivity index (χ4v) is 5.70. The highest BCUT2D eigenvalue weighted by molar-refractivity contribution is 5.88. The second-order valence-electron chi connectivity index (χ2n) is 8.68. The Kier molecular flexibility index (Phi) is 4.04. The van der Waals surface area contributed by atoms with Gasteiger partial charge >= 0.3 is 0 Å². The number of carbonyl (C=O) groups excluding carboxylic acids is 1. The third-order valence-electron chi connectivity index (χ3n) is 7.05. The molecule has 0 spiro atoms. The van der Waals surface area contributed by atoms with Gasteiger partial charge in [-0.15, -0.1) is 0 Å². The third kappa shape index (κ3) is 2.66. The predicted octanol–water partition coefficient (Wildman–Crippen LogP) is 3.58. The molecule has 2 unspecified atom stereocenters. The van der Waals surface area contributed by atoms with E-state index >= 15 is 0 Å². The molecule has 138 valence electrons. The number of fused-ring (bicyclic) bond motifs is 2. The van der Waals surface area contributed by atoms with E-state index in [1.54, 1.807) is 0 Å². The first-order valence-electron chi connectivity index (χ1n) is 10.3. The van der Waals surface area contributed by atoms with Crippen molar-refractivity contribution in [2.45, 2.75) is 62.9 Å².